The van der Waals surface area contributed by atoms with Gasteiger partial charge >= 0.3 is 0 Å². The van der Waals surface area contributed by atoms with E-state index in [9.17, 15) is 9.59 Å². The van der Waals surface area contributed by atoms with Gasteiger partial charge in [-0.1, -0.05) is 26.0 Å². The van der Waals surface area contributed by atoms with Gasteiger partial charge in [0.1, 0.15) is 6.04 Å². The SMILES string of the molecule is CC(C)c1cccc(NC(=O)[C@H]2CS[C@@]3(C)CCC(=O)N23)c1. The molecule has 0 aliphatic carbocycles. The van der Waals surface area contributed by atoms with Gasteiger partial charge in [-0.15, -0.1) is 11.8 Å². The van der Waals surface area contributed by atoms with Crippen LogP contribution in [0.2, 0.25) is 0 Å². The zero-order chi connectivity index (χ0) is 15.9. The van der Waals surface area contributed by atoms with Gasteiger partial charge in [0.25, 0.3) is 0 Å². The molecular weight excluding hydrogens is 296 g/mol. The third-order valence-corrected chi connectivity index (χ3v) is 6.07. The number of carbonyl (C=O) groups is 2. The average Bonchev–Trinajstić information content (AvgIpc) is 2.96. The topological polar surface area (TPSA) is 49.4 Å². The third kappa shape index (κ3) is 2.62. The Labute approximate surface area is 135 Å². The first kappa shape index (κ1) is 15.4. The normalized spacial score (nSPS) is 27.4. The summed E-state index contributed by atoms with van der Waals surface area (Å²) in [6.07, 6.45) is 1.39. The van der Waals surface area contributed by atoms with Crippen LogP contribution < -0.4 is 5.32 Å². The van der Waals surface area contributed by atoms with Crippen molar-refractivity contribution in [1.82, 2.24) is 4.90 Å². The predicted octanol–water partition coefficient (Wildman–Crippen LogP) is 3.20. The largest absolute Gasteiger partial charge is 0.324 e. The van der Waals surface area contributed by atoms with Crippen LogP contribution in [0.5, 0.6) is 0 Å². The standard InChI is InChI=1S/C17H22N2O2S/c1-11(2)12-5-4-6-13(9-12)18-16(21)14-10-22-17(3)8-7-15(20)19(14)17/h4-6,9,11,14H,7-8,10H2,1-3H3,(H,18,21)/t14-,17+/m1/s1. The van der Waals surface area contributed by atoms with E-state index < -0.39 is 0 Å². The van der Waals surface area contributed by atoms with Crippen LogP contribution in [-0.4, -0.2) is 33.4 Å². The number of anilines is 1. The van der Waals surface area contributed by atoms with Crippen molar-refractivity contribution in [3.8, 4) is 0 Å². The minimum Gasteiger partial charge on any atom is -0.324 e. The molecule has 2 saturated heterocycles. The number of nitrogens with zero attached hydrogens (tertiary/aromatic N) is 1. The summed E-state index contributed by atoms with van der Waals surface area (Å²) >= 11 is 1.72. The second kappa shape index (κ2) is 5.61. The quantitative estimate of drug-likeness (QED) is 0.931. The fraction of sp³-hybridized carbons (Fsp3) is 0.529. The van der Waals surface area contributed by atoms with Crippen LogP contribution in [0.3, 0.4) is 0 Å². The number of nitrogens with one attached hydrogen (secondary N) is 1. The molecule has 1 N–H and O–H groups in total. The second-order valence-electron chi connectivity index (χ2n) is 6.53. The van der Waals surface area contributed by atoms with E-state index in [-0.39, 0.29) is 22.7 Å². The number of amides is 2. The van der Waals surface area contributed by atoms with Crippen LogP contribution in [0.15, 0.2) is 24.3 Å². The molecule has 2 fully saturated rings. The summed E-state index contributed by atoms with van der Waals surface area (Å²) in [5, 5.41) is 2.98. The molecule has 2 atom stereocenters. The molecule has 0 bridgehead atoms. The van der Waals surface area contributed by atoms with Gasteiger partial charge in [0.2, 0.25) is 11.8 Å². The van der Waals surface area contributed by atoms with Gasteiger partial charge in [-0.05, 0) is 37.0 Å². The van der Waals surface area contributed by atoms with Crippen molar-refractivity contribution in [3.05, 3.63) is 29.8 Å². The van der Waals surface area contributed by atoms with E-state index in [4.69, 9.17) is 0 Å². The predicted molar refractivity (Wildman–Crippen MR) is 89.9 cm³/mol. The Morgan fingerprint density at radius 1 is 1.45 bits per heavy atom. The lowest BCUT2D eigenvalue weighted by atomic mass is 10.0. The maximum Gasteiger partial charge on any atom is 0.248 e. The Morgan fingerprint density at radius 2 is 2.23 bits per heavy atom. The fourth-order valence-corrected chi connectivity index (χ4v) is 4.65. The highest BCUT2D eigenvalue weighted by molar-refractivity contribution is 8.01. The molecule has 0 saturated carbocycles. The highest BCUT2D eigenvalue weighted by Crippen LogP contribution is 2.47. The molecule has 2 aliphatic rings. The molecule has 0 unspecified atom stereocenters. The van der Waals surface area contributed by atoms with Gasteiger partial charge in [0.05, 0.1) is 4.87 Å². The van der Waals surface area contributed by atoms with Crippen LogP contribution in [0, 0.1) is 0 Å². The smallest absolute Gasteiger partial charge is 0.248 e. The molecular formula is C17H22N2O2S. The maximum absolute atomic E-state index is 12.6. The maximum atomic E-state index is 12.6. The Hall–Kier alpha value is -1.49. The number of hydrogen-bond donors (Lipinski definition) is 1. The van der Waals surface area contributed by atoms with E-state index in [2.05, 4.69) is 32.2 Å². The molecule has 2 amide bonds. The molecule has 118 valence electrons. The van der Waals surface area contributed by atoms with Crippen LogP contribution in [-0.2, 0) is 9.59 Å². The minimum atomic E-state index is -0.354. The highest BCUT2D eigenvalue weighted by atomic mass is 32.2. The van der Waals surface area contributed by atoms with Gasteiger partial charge in [0.15, 0.2) is 0 Å². The van der Waals surface area contributed by atoms with Gasteiger partial charge < -0.3 is 10.2 Å². The first-order chi connectivity index (χ1) is 10.4. The van der Waals surface area contributed by atoms with E-state index in [0.29, 0.717) is 18.1 Å². The molecule has 5 heteroatoms. The Morgan fingerprint density at radius 3 is 2.95 bits per heavy atom. The Kier molecular flexibility index (Phi) is 3.93. The summed E-state index contributed by atoms with van der Waals surface area (Å²) in [6, 6.07) is 7.58. The van der Waals surface area contributed by atoms with Crippen molar-refractivity contribution in [2.45, 2.75) is 50.4 Å². The number of fused-ring (bicyclic) bond motifs is 1. The van der Waals surface area contributed by atoms with Crippen LogP contribution in [0.4, 0.5) is 5.69 Å². The third-order valence-electron chi connectivity index (χ3n) is 4.57. The number of rotatable bonds is 3. The van der Waals surface area contributed by atoms with Gasteiger partial charge in [-0.3, -0.25) is 9.59 Å². The molecule has 2 heterocycles. The van der Waals surface area contributed by atoms with Crippen LogP contribution in [0.1, 0.15) is 45.1 Å². The summed E-state index contributed by atoms with van der Waals surface area (Å²) < 4.78 is 0. The monoisotopic (exact) mass is 318 g/mol. The molecule has 2 aliphatic heterocycles. The van der Waals surface area contributed by atoms with E-state index in [1.807, 2.05) is 18.2 Å². The van der Waals surface area contributed by atoms with E-state index in [1.165, 1.54) is 5.56 Å². The molecule has 0 aromatic heterocycles. The summed E-state index contributed by atoms with van der Waals surface area (Å²) in [7, 11) is 0. The van der Waals surface area contributed by atoms with E-state index >= 15 is 0 Å². The average molecular weight is 318 g/mol. The summed E-state index contributed by atoms with van der Waals surface area (Å²) in [5.74, 6) is 1.12. The molecule has 0 spiro atoms. The Bertz CT molecular complexity index is 616. The van der Waals surface area contributed by atoms with Crippen molar-refractivity contribution >= 4 is 29.3 Å². The van der Waals surface area contributed by atoms with Crippen molar-refractivity contribution in [1.29, 1.82) is 0 Å². The van der Waals surface area contributed by atoms with E-state index in [1.54, 1.807) is 16.7 Å². The second-order valence-corrected chi connectivity index (χ2v) is 8.04. The summed E-state index contributed by atoms with van der Waals surface area (Å²) in [4.78, 5) is 26.3. The summed E-state index contributed by atoms with van der Waals surface area (Å²) in [6.45, 7) is 6.32. The molecule has 1 aromatic rings. The van der Waals surface area contributed by atoms with Crippen molar-refractivity contribution < 1.29 is 9.59 Å². The lowest BCUT2D eigenvalue weighted by molar-refractivity contribution is -0.135. The molecule has 1 aromatic carbocycles. The van der Waals surface area contributed by atoms with Crippen LogP contribution >= 0.6 is 11.8 Å². The number of benzene rings is 1. The Balaban J connectivity index is 1.75. The minimum absolute atomic E-state index is 0.0765. The molecule has 22 heavy (non-hydrogen) atoms. The molecule has 0 radical (unpaired) electrons. The lowest BCUT2D eigenvalue weighted by Crippen LogP contribution is -2.48. The highest BCUT2D eigenvalue weighted by Gasteiger charge is 2.52. The first-order valence-corrected chi connectivity index (χ1v) is 8.76. The van der Waals surface area contributed by atoms with Gasteiger partial charge in [-0.2, -0.15) is 0 Å². The molecule has 4 nitrogen and oxygen atoms in total. The van der Waals surface area contributed by atoms with Crippen molar-refractivity contribution in [2.75, 3.05) is 11.1 Å². The van der Waals surface area contributed by atoms with Gasteiger partial charge in [0, 0.05) is 17.9 Å². The van der Waals surface area contributed by atoms with Gasteiger partial charge in [-0.25, -0.2) is 0 Å². The fourth-order valence-electron chi connectivity index (χ4n) is 3.22. The van der Waals surface area contributed by atoms with Crippen molar-refractivity contribution in [2.24, 2.45) is 0 Å². The van der Waals surface area contributed by atoms with Crippen molar-refractivity contribution in [3.63, 3.8) is 0 Å². The zero-order valence-corrected chi connectivity index (χ0v) is 14.1. The number of hydrogen-bond acceptors (Lipinski definition) is 3. The number of carbonyl (C=O) groups excluding carboxylic acids is 2. The summed E-state index contributed by atoms with van der Waals surface area (Å²) in [5.41, 5.74) is 2.00. The molecule has 3 rings (SSSR count). The van der Waals surface area contributed by atoms with Crippen LogP contribution in [0.25, 0.3) is 0 Å². The zero-order valence-electron chi connectivity index (χ0n) is 13.3. The first-order valence-electron chi connectivity index (χ1n) is 7.78. The number of thioether (sulfide) groups is 1. The lowest BCUT2D eigenvalue weighted by Gasteiger charge is -2.29. The van der Waals surface area contributed by atoms with E-state index in [0.717, 1.165) is 12.1 Å².